The van der Waals surface area contributed by atoms with Crippen LogP contribution in [0.3, 0.4) is 0 Å². The summed E-state index contributed by atoms with van der Waals surface area (Å²) in [5, 5.41) is 1.06. The Morgan fingerprint density at radius 1 is 1.37 bits per heavy atom. The molecular formula is C15H17BrN2S. The molecule has 0 radical (unpaired) electrons. The first-order valence-corrected chi connectivity index (χ1v) is 8.01. The lowest BCUT2D eigenvalue weighted by molar-refractivity contribution is 0.326. The summed E-state index contributed by atoms with van der Waals surface area (Å²) in [5.74, 6) is 0. The highest BCUT2D eigenvalue weighted by Crippen LogP contribution is 2.43. The van der Waals surface area contributed by atoms with Crippen LogP contribution in [0, 0.1) is 5.41 Å². The minimum absolute atomic E-state index is 0.00185. The third-order valence-corrected chi connectivity index (χ3v) is 5.22. The van der Waals surface area contributed by atoms with Crippen molar-refractivity contribution >= 4 is 27.3 Å². The van der Waals surface area contributed by atoms with Crippen LogP contribution in [0.15, 0.2) is 22.7 Å². The maximum atomic E-state index is 6.32. The Balaban J connectivity index is 2.02. The minimum atomic E-state index is 0.00185. The third-order valence-electron chi connectivity index (χ3n) is 3.59. The molecule has 1 aliphatic carbocycles. The molecule has 1 aromatic carbocycles. The molecule has 0 saturated carbocycles. The van der Waals surface area contributed by atoms with E-state index in [1.165, 1.54) is 16.0 Å². The first-order valence-electron chi connectivity index (χ1n) is 6.40. The molecule has 0 aliphatic heterocycles. The lowest BCUT2D eigenvalue weighted by atomic mass is 9.88. The molecule has 1 heterocycles. The monoisotopic (exact) mass is 336 g/mol. The summed E-state index contributed by atoms with van der Waals surface area (Å²) in [6, 6.07) is 6.42. The van der Waals surface area contributed by atoms with E-state index in [9.17, 15) is 0 Å². The highest BCUT2D eigenvalue weighted by Gasteiger charge is 2.29. The molecule has 0 amide bonds. The lowest BCUT2D eigenvalue weighted by Crippen LogP contribution is -2.26. The van der Waals surface area contributed by atoms with Crippen molar-refractivity contribution in [1.29, 1.82) is 0 Å². The van der Waals surface area contributed by atoms with Gasteiger partial charge in [-0.25, -0.2) is 4.98 Å². The maximum Gasteiger partial charge on any atom is 0.111 e. The Hall–Kier alpha value is -0.710. The smallest absolute Gasteiger partial charge is 0.111 e. The van der Waals surface area contributed by atoms with Crippen molar-refractivity contribution in [2.75, 3.05) is 0 Å². The van der Waals surface area contributed by atoms with Crippen LogP contribution in [-0.2, 0) is 6.42 Å². The number of hydrogen-bond acceptors (Lipinski definition) is 3. The summed E-state index contributed by atoms with van der Waals surface area (Å²) in [5.41, 5.74) is 10.1. The van der Waals surface area contributed by atoms with Gasteiger partial charge in [0.15, 0.2) is 0 Å². The molecule has 0 bridgehead atoms. The molecule has 2 nitrogen and oxygen atoms in total. The number of nitrogens with two attached hydrogens (primary N) is 1. The van der Waals surface area contributed by atoms with Gasteiger partial charge >= 0.3 is 0 Å². The number of benzene rings is 1. The van der Waals surface area contributed by atoms with E-state index in [-0.39, 0.29) is 11.5 Å². The Labute approximate surface area is 126 Å². The second-order valence-electron chi connectivity index (χ2n) is 6.15. The average Bonchev–Trinajstić information content (AvgIpc) is 2.82. The Bertz CT molecular complexity index is 640. The number of thiazole rings is 1. The van der Waals surface area contributed by atoms with Crippen molar-refractivity contribution < 1.29 is 0 Å². The molecule has 0 fully saturated rings. The average molecular weight is 337 g/mol. The van der Waals surface area contributed by atoms with E-state index in [1.54, 1.807) is 11.3 Å². The summed E-state index contributed by atoms with van der Waals surface area (Å²) >= 11 is 5.29. The van der Waals surface area contributed by atoms with Crippen molar-refractivity contribution in [1.82, 2.24) is 4.98 Å². The quantitative estimate of drug-likeness (QED) is 0.709. The number of rotatable bonds is 1. The fraction of sp³-hybridized carbons (Fsp3) is 0.400. The molecule has 3 rings (SSSR count). The van der Waals surface area contributed by atoms with Crippen LogP contribution in [0.5, 0.6) is 0 Å². The minimum Gasteiger partial charge on any atom is -0.322 e. The summed E-state index contributed by atoms with van der Waals surface area (Å²) in [7, 11) is 0. The molecule has 0 spiro atoms. The van der Waals surface area contributed by atoms with Crippen LogP contribution in [0.4, 0.5) is 0 Å². The van der Waals surface area contributed by atoms with Crippen molar-refractivity contribution in [2.24, 2.45) is 11.1 Å². The fourth-order valence-electron chi connectivity index (χ4n) is 2.32. The normalized spacial score (nSPS) is 15.2. The van der Waals surface area contributed by atoms with Gasteiger partial charge in [-0.2, -0.15) is 0 Å². The number of fused-ring (bicyclic) bond motifs is 3. The molecule has 0 saturated heterocycles. The van der Waals surface area contributed by atoms with E-state index in [1.807, 2.05) is 0 Å². The van der Waals surface area contributed by atoms with E-state index in [2.05, 4.69) is 54.9 Å². The summed E-state index contributed by atoms with van der Waals surface area (Å²) in [6.45, 7) is 6.49. The molecule has 100 valence electrons. The first-order chi connectivity index (χ1) is 8.86. The van der Waals surface area contributed by atoms with Gasteiger partial charge < -0.3 is 5.73 Å². The zero-order chi connectivity index (χ0) is 13.8. The first kappa shape index (κ1) is 13.3. The molecule has 1 unspecified atom stereocenters. The van der Waals surface area contributed by atoms with Crippen LogP contribution in [0.2, 0.25) is 0 Å². The molecule has 2 aromatic rings. The van der Waals surface area contributed by atoms with Gasteiger partial charge in [0.2, 0.25) is 0 Å². The number of nitrogens with zero attached hydrogens (tertiary/aromatic N) is 1. The standard InChI is InChI=1S/C15H17BrN2S/c1-15(2,3)13(17)14-18-12-10-5-4-9(16)6-8(10)7-11(12)19-14/h4-6,13H,7,17H2,1-3H3. The predicted molar refractivity (Wildman–Crippen MR) is 84.4 cm³/mol. The van der Waals surface area contributed by atoms with Crippen LogP contribution in [0.1, 0.15) is 42.3 Å². The van der Waals surface area contributed by atoms with E-state index >= 15 is 0 Å². The third kappa shape index (κ3) is 2.26. The molecule has 2 N–H and O–H groups in total. The summed E-state index contributed by atoms with van der Waals surface area (Å²) in [6.07, 6.45) is 0.985. The Morgan fingerprint density at radius 3 is 2.79 bits per heavy atom. The second-order valence-corrected chi connectivity index (χ2v) is 8.18. The molecule has 1 aliphatic rings. The molecule has 1 aromatic heterocycles. The Kier molecular flexibility index (Phi) is 3.08. The van der Waals surface area contributed by atoms with Crippen molar-refractivity contribution in [2.45, 2.75) is 33.2 Å². The van der Waals surface area contributed by atoms with Crippen molar-refractivity contribution in [3.05, 3.63) is 38.1 Å². The van der Waals surface area contributed by atoms with Gasteiger partial charge in [-0.05, 0) is 23.1 Å². The maximum absolute atomic E-state index is 6.32. The molecule has 19 heavy (non-hydrogen) atoms. The molecular weight excluding hydrogens is 320 g/mol. The zero-order valence-corrected chi connectivity index (χ0v) is 13.7. The topological polar surface area (TPSA) is 38.9 Å². The highest BCUT2D eigenvalue weighted by atomic mass is 79.9. The van der Waals surface area contributed by atoms with Gasteiger partial charge in [0, 0.05) is 21.3 Å². The highest BCUT2D eigenvalue weighted by molar-refractivity contribution is 9.10. The Morgan fingerprint density at radius 2 is 2.11 bits per heavy atom. The van der Waals surface area contributed by atoms with E-state index in [0.29, 0.717) is 0 Å². The van der Waals surface area contributed by atoms with E-state index in [0.717, 1.165) is 21.6 Å². The van der Waals surface area contributed by atoms with Gasteiger partial charge in [-0.15, -0.1) is 11.3 Å². The number of aromatic nitrogens is 1. The van der Waals surface area contributed by atoms with E-state index in [4.69, 9.17) is 10.7 Å². The lowest BCUT2D eigenvalue weighted by Gasteiger charge is -2.24. The van der Waals surface area contributed by atoms with Gasteiger partial charge in [0.05, 0.1) is 11.7 Å². The van der Waals surface area contributed by atoms with E-state index < -0.39 is 0 Å². The van der Waals surface area contributed by atoms with Crippen molar-refractivity contribution in [3.63, 3.8) is 0 Å². The second kappa shape index (κ2) is 4.40. The van der Waals surface area contributed by atoms with Gasteiger partial charge in [-0.1, -0.05) is 42.8 Å². The van der Waals surface area contributed by atoms with Crippen LogP contribution in [0.25, 0.3) is 11.3 Å². The summed E-state index contributed by atoms with van der Waals surface area (Å²) < 4.78 is 1.13. The predicted octanol–water partition coefficient (Wildman–Crippen LogP) is 4.52. The largest absolute Gasteiger partial charge is 0.322 e. The van der Waals surface area contributed by atoms with Crippen LogP contribution in [-0.4, -0.2) is 4.98 Å². The van der Waals surface area contributed by atoms with Gasteiger partial charge in [-0.3, -0.25) is 0 Å². The van der Waals surface area contributed by atoms with Crippen molar-refractivity contribution in [3.8, 4) is 11.3 Å². The van der Waals surface area contributed by atoms with Gasteiger partial charge in [0.25, 0.3) is 0 Å². The SMILES string of the molecule is CC(C)(C)C(N)c1nc2c(s1)Cc1cc(Br)ccc1-2. The molecule has 4 heteroatoms. The van der Waals surface area contributed by atoms with Crippen LogP contribution < -0.4 is 5.73 Å². The number of hydrogen-bond donors (Lipinski definition) is 1. The van der Waals surface area contributed by atoms with Crippen LogP contribution >= 0.6 is 27.3 Å². The summed E-state index contributed by atoms with van der Waals surface area (Å²) in [4.78, 5) is 6.16. The van der Waals surface area contributed by atoms with Gasteiger partial charge in [0.1, 0.15) is 5.01 Å². The fourth-order valence-corrected chi connectivity index (χ4v) is 4.07. The zero-order valence-electron chi connectivity index (χ0n) is 11.3. The number of halogens is 1. The molecule has 1 atom stereocenters.